The summed E-state index contributed by atoms with van der Waals surface area (Å²) < 4.78 is 53.1. The van der Waals surface area contributed by atoms with Gasteiger partial charge in [0.05, 0.1) is 17.7 Å². The number of halogens is 3. The van der Waals surface area contributed by atoms with Crippen molar-refractivity contribution in [1.29, 1.82) is 0 Å². The molecule has 0 fully saturated rings. The number of ether oxygens (including phenoxy) is 1. The average molecular weight is 545 g/mol. The van der Waals surface area contributed by atoms with E-state index in [1.807, 2.05) is 0 Å². The lowest BCUT2D eigenvalue weighted by molar-refractivity contribution is -0.137. The lowest BCUT2D eigenvalue weighted by Gasteiger charge is -2.15. The number of hydrogen-bond donors (Lipinski definition) is 0. The van der Waals surface area contributed by atoms with Gasteiger partial charge in [0.1, 0.15) is 11.3 Å². The fourth-order valence-electron chi connectivity index (χ4n) is 4.94. The van der Waals surface area contributed by atoms with Crippen LogP contribution in [-0.2, 0) is 12.6 Å². The van der Waals surface area contributed by atoms with Crippen LogP contribution in [0.4, 0.5) is 13.2 Å². The molecule has 0 unspecified atom stereocenters. The van der Waals surface area contributed by atoms with Crippen LogP contribution in [-0.4, -0.2) is 6.61 Å². The van der Waals surface area contributed by atoms with Crippen molar-refractivity contribution in [2.75, 3.05) is 6.61 Å². The summed E-state index contributed by atoms with van der Waals surface area (Å²) in [5.41, 5.74) is -0.922. The lowest BCUT2D eigenvalue weighted by atomic mass is 9.95. The predicted octanol–water partition coefficient (Wildman–Crippen LogP) is 10.5. The third-order valence-corrected chi connectivity index (χ3v) is 7.22. The molecule has 0 saturated heterocycles. The van der Waals surface area contributed by atoms with E-state index in [-0.39, 0.29) is 11.1 Å². The molecule has 3 aromatic rings. The quantitative estimate of drug-likeness (QED) is 0.125. The monoisotopic (exact) mass is 544 g/mol. The topological polar surface area (TPSA) is 39.4 Å². The number of aryl methyl sites for hydroxylation is 1. The third kappa shape index (κ3) is 9.74. The molecule has 0 atom stereocenters. The van der Waals surface area contributed by atoms with Crippen LogP contribution in [0.25, 0.3) is 22.1 Å². The second-order valence-electron chi connectivity index (χ2n) is 10.5. The van der Waals surface area contributed by atoms with E-state index in [0.29, 0.717) is 35.3 Å². The zero-order valence-electron chi connectivity index (χ0n) is 23.5. The van der Waals surface area contributed by atoms with E-state index >= 15 is 0 Å². The van der Waals surface area contributed by atoms with Crippen molar-refractivity contribution in [3.8, 4) is 16.9 Å². The van der Waals surface area contributed by atoms with Crippen molar-refractivity contribution in [3.63, 3.8) is 0 Å². The highest BCUT2D eigenvalue weighted by atomic mass is 19.4. The summed E-state index contributed by atoms with van der Waals surface area (Å²) in [6, 6.07) is 10.8. The van der Waals surface area contributed by atoms with Crippen LogP contribution in [0.3, 0.4) is 0 Å². The van der Waals surface area contributed by atoms with Crippen LogP contribution in [0.5, 0.6) is 5.75 Å². The Morgan fingerprint density at radius 1 is 0.718 bits per heavy atom. The standard InChI is InChI=1S/C33H43F3O3/c1-3-5-7-8-9-10-11-12-13-15-21-38-27-19-18-26-23-29(32(37)39-31(26)24-27)28-20-17-25(16-14-6-4-2)22-30(28)33(34,35)36/h17-20,22-24H,3-16,21H2,1-2H3. The zero-order chi connectivity index (χ0) is 28.1. The Kier molecular flexibility index (Phi) is 12.4. The molecule has 0 aliphatic rings. The molecule has 3 rings (SSSR count). The molecule has 39 heavy (non-hydrogen) atoms. The molecule has 1 heterocycles. The number of fused-ring (bicyclic) bond motifs is 1. The summed E-state index contributed by atoms with van der Waals surface area (Å²) >= 11 is 0. The number of rotatable bonds is 17. The molecule has 0 bridgehead atoms. The maximum atomic E-state index is 13.9. The molecule has 2 aromatic carbocycles. The van der Waals surface area contributed by atoms with E-state index in [4.69, 9.17) is 9.15 Å². The molecule has 1 aromatic heterocycles. The molecule has 0 radical (unpaired) electrons. The molecular weight excluding hydrogens is 501 g/mol. The van der Waals surface area contributed by atoms with Crippen LogP contribution >= 0.6 is 0 Å². The molecule has 0 N–H and O–H groups in total. The van der Waals surface area contributed by atoms with Gasteiger partial charge in [0, 0.05) is 17.0 Å². The van der Waals surface area contributed by atoms with Crippen molar-refractivity contribution in [2.45, 2.75) is 110 Å². The Balaban J connectivity index is 1.61. The van der Waals surface area contributed by atoms with Crippen molar-refractivity contribution >= 4 is 11.0 Å². The molecule has 214 valence electrons. The Bertz CT molecular complexity index is 1210. The third-order valence-electron chi connectivity index (χ3n) is 7.22. The van der Waals surface area contributed by atoms with Gasteiger partial charge in [-0.1, -0.05) is 96.6 Å². The molecule has 0 aliphatic carbocycles. The summed E-state index contributed by atoms with van der Waals surface area (Å²) in [7, 11) is 0. The first-order chi connectivity index (χ1) is 18.8. The zero-order valence-corrected chi connectivity index (χ0v) is 23.5. The van der Waals surface area contributed by atoms with Gasteiger partial charge in [-0.3, -0.25) is 0 Å². The highest BCUT2D eigenvalue weighted by molar-refractivity contribution is 5.83. The van der Waals surface area contributed by atoms with Gasteiger partial charge in [0.25, 0.3) is 0 Å². The number of unbranched alkanes of at least 4 members (excludes halogenated alkanes) is 11. The number of alkyl halides is 3. The fraction of sp³-hybridized carbons (Fsp3) is 0.545. The molecule has 0 saturated carbocycles. The molecule has 0 spiro atoms. The second kappa shape index (κ2) is 15.7. The van der Waals surface area contributed by atoms with E-state index in [1.165, 1.54) is 69.6 Å². The Hall–Kier alpha value is -2.76. The van der Waals surface area contributed by atoms with Crippen molar-refractivity contribution < 1.29 is 22.3 Å². The second-order valence-corrected chi connectivity index (χ2v) is 10.5. The summed E-state index contributed by atoms with van der Waals surface area (Å²) in [6.07, 6.45) is 11.2. The van der Waals surface area contributed by atoms with E-state index in [2.05, 4.69) is 13.8 Å². The van der Waals surface area contributed by atoms with Crippen LogP contribution in [0, 0.1) is 0 Å². The fourth-order valence-corrected chi connectivity index (χ4v) is 4.94. The van der Waals surface area contributed by atoms with Crippen LogP contribution < -0.4 is 10.4 Å². The van der Waals surface area contributed by atoms with E-state index < -0.39 is 17.4 Å². The normalized spacial score (nSPS) is 11.8. The minimum atomic E-state index is -4.58. The van der Waals surface area contributed by atoms with Gasteiger partial charge in [0.2, 0.25) is 0 Å². The van der Waals surface area contributed by atoms with Gasteiger partial charge < -0.3 is 9.15 Å². The van der Waals surface area contributed by atoms with Gasteiger partial charge in [-0.2, -0.15) is 13.2 Å². The maximum Gasteiger partial charge on any atom is 0.417 e. The first-order valence-electron chi connectivity index (χ1n) is 14.7. The summed E-state index contributed by atoms with van der Waals surface area (Å²) in [4.78, 5) is 12.8. The van der Waals surface area contributed by atoms with Gasteiger partial charge in [-0.25, -0.2) is 4.79 Å². The largest absolute Gasteiger partial charge is 0.493 e. The van der Waals surface area contributed by atoms with Gasteiger partial charge in [0.15, 0.2) is 0 Å². The molecule has 6 heteroatoms. The molecular formula is C33H43F3O3. The summed E-state index contributed by atoms with van der Waals surface area (Å²) in [5.74, 6) is 0.585. The predicted molar refractivity (Wildman–Crippen MR) is 153 cm³/mol. The minimum Gasteiger partial charge on any atom is -0.493 e. The van der Waals surface area contributed by atoms with Crippen LogP contribution in [0.15, 0.2) is 51.7 Å². The highest BCUT2D eigenvalue weighted by Crippen LogP contribution is 2.38. The lowest BCUT2D eigenvalue weighted by Crippen LogP contribution is -2.12. The van der Waals surface area contributed by atoms with E-state index in [9.17, 15) is 18.0 Å². The SMILES string of the molecule is CCCCCCCCCCCCOc1ccc2cc(-c3ccc(CCCCC)cc3C(F)(F)F)c(=O)oc2c1. The first-order valence-corrected chi connectivity index (χ1v) is 14.7. The average Bonchev–Trinajstić information content (AvgIpc) is 2.91. The Morgan fingerprint density at radius 2 is 1.36 bits per heavy atom. The summed E-state index contributed by atoms with van der Waals surface area (Å²) in [5, 5.41) is 0.552. The van der Waals surface area contributed by atoms with Gasteiger partial charge >= 0.3 is 11.8 Å². The molecule has 3 nitrogen and oxygen atoms in total. The van der Waals surface area contributed by atoms with Crippen molar-refractivity contribution in [1.82, 2.24) is 0 Å². The summed E-state index contributed by atoms with van der Waals surface area (Å²) in [6.45, 7) is 4.86. The number of hydrogen-bond acceptors (Lipinski definition) is 3. The van der Waals surface area contributed by atoms with E-state index in [1.54, 1.807) is 24.3 Å². The minimum absolute atomic E-state index is 0.0889. The van der Waals surface area contributed by atoms with Crippen molar-refractivity contribution in [3.05, 3.63) is 64.0 Å². The molecule has 0 amide bonds. The van der Waals surface area contributed by atoms with Gasteiger partial charge in [-0.05, 0) is 49.1 Å². The Morgan fingerprint density at radius 3 is 2.03 bits per heavy atom. The number of benzene rings is 2. The van der Waals surface area contributed by atoms with Crippen LogP contribution in [0.1, 0.15) is 108 Å². The highest BCUT2D eigenvalue weighted by Gasteiger charge is 2.34. The maximum absolute atomic E-state index is 13.9. The first kappa shape index (κ1) is 30.8. The Labute approximate surface area is 230 Å². The smallest absolute Gasteiger partial charge is 0.417 e. The van der Waals surface area contributed by atoms with Crippen molar-refractivity contribution in [2.24, 2.45) is 0 Å². The van der Waals surface area contributed by atoms with Gasteiger partial charge in [-0.15, -0.1) is 0 Å². The van der Waals surface area contributed by atoms with E-state index in [0.717, 1.165) is 32.1 Å². The van der Waals surface area contributed by atoms with Crippen LogP contribution in [0.2, 0.25) is 0 Å². The molecule has 0 aliphatic heterocycles.